The molecule has 1 aromatic carbocycles. The summed E-state index contributed by atoms with van der Waals surface area (Å²) in [6.45, 7) is 0.534. The van der Waals surface area contributed by atoms with Crippen LogP contribution in [0, 0.1) is 0 Å². The van der Waals surface area contributed by atoms with Crippen molar-refractivity contribution in [3.63, 3.8) is 0 Å². The van der Waals surface area contributed by atoms with Crippen LogP contribution in [0.15, 0.2) is 42.6 Å². The summed E-state index contributed by atoms with van der Waals surface area (Å²) in [5, 5.41) is 2.87. The van der Waals surface area contributed by atoms with Crippen molar-refractivity contribution in [1.29, 1.82) is 0 Å². The fraction of sp³-hybridized carbons (Fsp3) is 0.176. The highest BCUT2D eigenvalue weighted by molar-refractivity contribution is 6.32. The van der Waals surface area contributed by atoms with Crippen LogP contribution >= 0.6 is 11.6 Å². The molecule has 3 heterocycles. The zero-order chi connectivity index (χ0) is 16.7. The Hall–Kier alpha value is -2.73. The lowest BCUT2D eigenvalue weighted by atomic mass is 9.96. The molecule has 0 fully saturated rings. The number of halogens is 1. The lowest BCUT2D eigenvalue weighted by molar-refractivity contribution is -0.128. The minimum absolute atomic E-state index is 0.143. The van der Waals surface area contributed by atoms with Crippen molar-refractivity contribution in [3.8, 4) is 0 Å². The van der Waals surface area contributed by atoms with Crippen LogP contribution in [0.25, 0.3) is 11.0 Å². The van der Waals surface area contributed by atoms with Crippen molar-refractivity contribution in [2.24, 2.45) is 0 Å². The zero-order valence-electron chi connectivity index (χ0n) is 12.6. The fourth-order valence-electron chi connectivity index (χ4n) is 3.01. The predicted octanol–water partition coefficient (Wildman–Crippen LogP) is 2.78. The largest absolute Gasteiger partial charge is 0.326 e. The average molecular weight is 341 g/mol. The summed E-state index contributed by atoms with van der Waals surface area (Å²) in [7, 11) is 0. The first-order valence-electron chi connectivity index (χ1n) is 7.54. The van der Waals surface area contributed by atoms with Gasteiger partial charge in [0.25, 0.3) is 0 Å². The minimum Gasteiger partial charge on any atom is -0.326 e. The normalized spacial score (nSPS) is 16.9. The summed E-state index contributed by atoms with van der Waals surface area (Å²) in [5.41, 5.74) is 2.09. The lowest BCUT2D eigenvalue weighted by Gasteiger charge is -2.22. The highest BCUT2D eigenvalue weighted by Crippen LogP contribution is 2.30. The smallest absolute Gasteiger partial charge is 0.242 e. The highest BCUT2D eigenvalue weighted by Gasteiger charge is 2.36. The van der Waals surface area contributed by atoms with E-state index < -0.39 is 11.8 Å². The molecule has 3 aromatic rings. The number of pyridine rings is 1. The molecule has 6 nitrogen and oxygen atoms in total. The number of rotatable bonds is 2. The van der Waals surface area contributed by atoms with E-state index in [2.05, 4.69) is 15.3 Å². The Balaban J connectivity index is 1.74. The molecule has 0 spiro atoms. The number of hydrogen-bond donors (Lipinski definition) is 1. The maximum Gasteiger partial charge on any atom is 0.242 e. The molecule has 1 atom stereocenters. The Morgan fingerprint density at radius 3 is 2.92 bits per heavy atom. The van der Waals surface area contributed by atoms with E-state index in [9.17, 15) is 9.59 Å². The van der Waals surface area contributed by atoms with Gasteiger partial charge >= 0.3 is 0 Å². The third-order valence-electron chi connectivity index (χ3n) is 4.13. The Bertz CT molecular complexity index is 966. The quantitative estimate of drug-likeness (QED) is 0.575. The van der Waals surface area contributed by atoms with E-state index in [4.69, 9.17) is 11.6 Å². The van der Waals surface area contributed by atoms with Gasteiger partial charge in [-0.25, -0.2) is 9.97 Å². The van der Waals surface area contributed by atoms with Crippen LogP contribution in [0.3, 0.4) is 0 Å². The van der Waals surface area contributed by atoms with Gasteiger partial charge in [-0.2, -0.15) is 0 Å². The topological polar surface area (TPSA) is 76.9 Å². The van der Waals surface area contributed by atoms with Crippen LogP contribution in [-0.4, -0.2) is 26.2 Å². The molecule has 24 heavy (non-hydrogen) atoms. The van der Waals surface area contributed by atoms with Gasteiger partial charge in [-0.1, -0.05) is 23.7 Å². The van der Waals surface area contributed by atoms with Crippen molar-refractivity contribution >= 4 is 40.0 Å². The van der Waals surface area contributed by atoms with Crippen LogP contribution in [0.2, 0.25) is 5.15 Å². The second-order valence-corrected chi connectivity index (χ2v) is 5.95. The number of para-hydroxylation sites is 2. The van der Waals surface area contributed by atoms with Crippen molar-refractivity contribution in [1.82, 2.24) is 14.5 Å². The van der Waals surface area contributed by atoms with E-state index in [1.807, 2.05) is 28.8 Å². The van der Waals surface area contributed by atoms with E-state index in [1.165, 1.54) is 6.20 Å². The molecule has 1 N–H and O–H groups in total. The number of fused-ring (bicyclic) bond motifs is 3. The van der Waals surface area contributed by atoms with Gasteiger partial charge in [-0.05, 0) is 24.3 Å². The Labute approximate surface area is 142 Å². The second-order valence-electron chi connectivity index (χ2n) is 5.59. The van der Waals surface area contributed by atoms with E-state index in [1.54, 1.807) is 12.1 Å². The summed E-state index contributed by atoms with van der Waals surface area (Å²) in [4.78, 5) is 33.5. The van der Waals surface area contributed by atoms with Crippen molar-refractivity contribution < 1.29 is 9.59 Å². The molecule has 0 saturated heterocycles. The molecule has 1 amide bonds. The molecular formula is C17H13ClN4O2. The number of anilines is 1. The summed E-state index contributed by atoms with van der Waals surface area (Å²) >= 11 is 5.98. The van der Waals surface area contributed by atoms with Crippen molar-refractivity contribution in [2.75, 3.05) is 5.32 Å². The van der Waals surface area contributed by atoms with Gasteiger partial charge in [0.1, 0.15) is 5.82 Å². The fourth-order valence-corrected chi connectivity index (χ4v) is 3.17. The molecule has 0 radical (unpaired) electrons. The van der Waals surface area contributed by atoms with Crippen molar-refractivity contribution in [3.05, 3.63) is 53.6 Å². The Kier molecular flexibility index (Phi) is 3.54. The molecular weight excluding hydrogens is 328 g/mol. The standard InChI is InChI=1S/C17H13ClN4O2/c18-15-11(5-3-8-19-15)21-17(24)14-13(23)7-9-22-12-6-2-1-4-10(12)20-16(14)22/h1-6,8,14H,7,9H2,(H,21,24). The lowest BCUT2D eigenvalue weighted by Crippen LogP contribution is -2.34. The first-order chi connectivity index (χ1) is 11.6. The average Bonchev–Trinajstić information content (AvgIpc) is 2.95. The molecule has 0 aliphatic carbocycles. The second kappa shape index (κ2) is 5.72. The third kappa shape index (κ3) is 2.35. The molecule has 0 bridgehead atoms. The monoisotopic (exact) mass is 340 g/mol. The first kappa shape index (κ1) is 14.8. The van der Waals surface area contributed by atoms with Crippen LogP contribution in [0.1, 0.15) is 18.2 Å². The first-order valence-corrected chi connectivity index (χ1v) is 7.92. The summed E-state index contributed by atoms with van der Waals surface area (Å²) < 4.78 is 1.94. The van der Waals surface area contributed by atoms with Crippen LogP contribution in [-0.2, 0) is 16.1 Å². The molecule has 1 aliphatic heterocycles. The van der Waals surface area contributed by atoms with E-state index in [0.29, 0.717) is 24.5 Å². The third-order valence-corrected chi connectivity index (χ3v) is 4.43. The zero-order valence-corrected chi connectivity index (χ0v) is 13.3. The predicted molar refractivity (Wildman–Crippen MR) is 90.0 cm³/mol. The van der Waals surface area contributed by atoms with Gasteiger partial charge in [0, 0.05) is 19.2 Å². The van der Waals surface area contributed by atoms with E-state index in [0.717, 1.165) is 11.0 Å². The van der Waals surface area contributed by atoms with Crippen LogP contribution in [0.5, 0.6) is 0 Å². The maximum absolute atomic E-state index is 12.7. The van der Waals surface area contributed by atoms with Crippen LogP contribution < -0.4 is 5.32 Å². The number of carbonyl (C=O) groups is 2. The highest BCUT2D eigenvalue weighted by atomic mass is 35.5. The molecule has 1 aliphatic rings. The Morgan fingerprint density at radius 2 is 2.08 bits per heavy atom. The summed E-state index contributed by atoms with van der Waals surface area (Å²) in [6, 6.07) is 10.9. The number of ketones is 1. The summed E-state index contributed by atoms with van der Waals surface area (Å²) in [6.07, 6.45) is 1.83. The summed E-state index contributed by atoms with van der Waals surface area (Å²) in [5.74, 6) is -1.05. The number of nitrogens with one attached hydrogen (secondary N) is 1. The van der Waals surface area contributed by atoms with Gasteiger partial charge in [-0.3, -0.25) is 9.59 Å². The molecule has 2 aromatic heterocycles. The Morgan fingerprint density at radius 1 is 1.25 bits per heavy atom. The number of imidazole rings is 1. The number of hydrogen-bond acceptors (Lipinski definition) is 4. The minimum atomic E-state index is -0.942. The van der Waals surface area contributed by atoms with Gasteiger partial charge in [-0.15, -0.1) is 0 Å². The molecule has 0 saturated carbocycles. The molecule has 120 valence electrons. The van der Waals surface area contributed by atoms with Gasteiger partial charge in [0.15, 0.2) is 16.9 Å². The SMILES string of the molecule is O=C1CCn2c(nc3ccccc32)C1C(=O)Nc1cccnc1Cl. The molecule has 7 heteroatoms. The number of aromatic nitrogens is 3. The molecule has 4 rings (SSSR count). The van der Waals surface area contributed by atoms with Gasteiger partial charge < -0.3 is 9.88 Å². The molecule has 1 unspecified atom stereocenters. The van der Waals surface area contributed by atoms with Crippen LogP contribution in [0.4, 0.5) is 5.69 Å². The van der Waals surface area contributed by atoms with E-state index >= 15 is 0 Å². The van der Waals surface area contributed by atoms with Gasteiger partial charge in [0.2, 0.25) is 5.91 Å². The number of aryl methyl sites for hydroxylation is 1. The van der Waals surface area contributed by atoms with E-state index in [-0.39, 0.29) is 10.9 Å². The van der Waals surface area contributed by atoms with Gasteiger partial charge in [0.05, 0.1) is 16.7 Å². The maximum atomic E-state index is 12.7. The van der Waals surface area contributed by atoms with Crippen molar-refractivity contribution in [2.45, 2.75) is 18.9 Å². The number of Topliss-reactive ketones (excluding diaryl/α,β-unsaturated/α-hetero) is 1. The number of benzene rings is 1. The number of amides is 1. The number of nitrogens with zero attached hydrogens (tertiary/aromatic N) is 3. The number of carbonyl (C=O) groups excluding carboxylic acids is 2.